The maximum atomic E-state index is 12.8. The van der Waals surface area contributed by atoms with Gasteiger partial charge in [-0.15, -0.1) is 0 Å². The van der Waals surface area contributed by atoms with Crippen molar-refractivity contribution in [3.63, 3.8) is 0 Å². The van der Waals surface area contributed by atoms with Gasteiger partial charge in [0.05, 0.1) is 17.3 Å². The monoisotopic (exact) mass is 322 g/mol. The van der Waals surface area contributed by atoms with E-state index in [0.29, 0.717) is 5.56 Å². The predicted molar refractivity (Wildman–Crippen MR) is 96.0 cm³/mol. The summed E-state index contributed by atoms with van der Waals surface area (Å²) in [6, 6.07) is 15.9. The molecule has 0 fully saturated rings. The number of likely N-dealkylation sites (N-methyl/N-ethyl adjacent to an activating group) is 1. The van der Waals surface area contributed by atoms with Crippen molar-refractivity contribution in [3.05, 3.63) is 65.9 Å². The zero-order valence-electron chi connectivity index (χ0n) is 14.0. The fraction of sp³-hybridized carbons (Fsp3) is 0.263. The maximum absolute atomic E-state index is 12.8. The molecule has 1 heterocycles. The minimum absolute atomic E-state index is 0.0353. The lowest BCUT2D eigenvalue weighted by molar-refractivity contribution is 0.0931. The molecule has 5 nitrogen and oxygen atoms in total. The number of H-pyrrole nitrogens is 1. The highest BCUT2D eigenvalue weighted by Crippen LogP contribution is 2.16. The molecule has 0 bridgehead atoms. The second-order valence-electron chi connectivity index (χ2n) is 6.26. The normalized spacial score (nSPS) is 12.5. The van der Waals surface area contributed by atoms with Crippen LogP contribution in [0, 0.1) is 0 Å². The van der Waals surface area contributed by atoms with Crippen LogP contribution in [-0.2, 0) is 6.42 Å². The zero-order valence-corrected chi connectivity index (χ0v) is 14.0. The van der Waals surface area contributed by atoms with Gasteiger partial charge in [-0.25, -0.2) is 0 Å². The third-order valence-corrected chi connectivity index (χ3v) is 3.97. The summed E-state index contributed by atoms with van der Waals surface area (Å²) in [5, 5.41) is 11.0. The van der Waals surface area contributed by atoms with E-state index in [0.717, 1.165) is 23.9 Å². The quantitative estimate of drug-likeness (QED) is 0.733. The van der Waals surface area contributed by atoms with Crippen molar-refractivity contribution in [3.8, 4) is 0 Å². The first-order valence-electron chi connectivity index (χ1n) is 8.05. The Hall–Kier alpha value is -2.66. The highest BCUT2D eigenvalue weighted by Gasteiger charge is 2.17. The molecule has 124 valence electrons. The van der Waals surface area contributed by atoms with Crippen molar-refractivity contribution < 1.29 is 4.79 Å². The molecule has 2 N–H and O–H groups in total. The second kappa shape index (κ2) is 7.27. The summed E-state index contributed by atoms with van der Waals surface area (Å²) in [5.41, 5.74) is 2.62. The minimum atomic E-state index is -0.0763. The molecule has 0 aliphatic carbocycles. The van der Waals surface area contributed by atoms with Crippen LogP contribution < -0.4 is 5.32 Å². The van der Waals surface area contributed by atoms with E-state index >= 15 is 0 Å². The number of benzene rings is 2. The van der Waals surface area contributed by atoms with E-state index in [1.54, 1.807) is 6.20 Å². The lowest BCUT2D eigenvalue weighted by atomic mass is 10.0. The highest BCUT2D eigenvalue weighted by molar-refractivity contribution is 6.05. The molecule has 0 saturated carbocycles. The standard InChI is InChI=1S/C19H22N4O/c1-23(2)13-16(11-14-7-4-3-5-8-14)21-19(24)17-10-6-9-15-12-20-22-18(15)17/h3-10,12,16H,11,13H2,1-2H3,(H,20,22)(H,21,24). The number of carbonyl (C=O) groups is 1. The molecule has 2 aromatic carbocycles. The first kappa shape index (κ1) is 16.2. The Morgan fingerprint density at radius 1 is 1.17 bits per heavy atom. The van der Waals surface area contributed by atoms with E-state index in [2.05, 4.69) is 32.5 Å². The first-order valence-corrected chi connectivity index (χ1v) is 8.05. The molecule has 1 aromatic heterocycles. The van der Waals surface area contributed by atoms with Gasteiger partial charge in [-0.2, -0.15) is 5.10 Å². The van der Waals surface area contributed by atoms with Crippen molar-refractivity contribution in [1.82, 2.24) is 20.4 Å². The number of para-hydroxylation sites is 1. The average molecular weight is 322 g/mol. The number of carbonyl (C=O) groups excluding carboxylic acids is 1. The molecular formula is C19H22N4O. The van der Waals surface area contributed by atoms with Gasteiger partial charge in [-0.05, 0) is 32.1 Å². The third-order valence-electron chi connectivity index (χ3n) is 3.97. The Kier molecular flexibility index (Phi) is 4.91. The van der Waals surface area contributed by atoms with E-state index in [1.807, 2.05) is 50.5 Å². The van der Waals surface area contributed by atoms with Gasteiger partial charge in [0.2, 0.25) is 0 Å². The molecule has 0 aliphatic heterocycles. The lowest BCUT2D eigenvalue weighted by Gasteiger charge is -2.22. The molecule has 1 amide bonds. The lowest BCUT2D eigenvalue weighted by Crippen LogP contribution is -2.43. The number of hydrogen-bond donors (Lipinski definition) is 2. The predicted octanol–water partition coefficient (Wildman–Crippen LogP) is 2.47. The molecule has 0 spiro atoms. The smallest absolute Gasteiger partial charge is 0.253 e. The maximum Gasteiger partial charge on any atom is 0.253 e. The van der Waals surface area contributed by atoms with Crippen LogP contribution in [0.1, 0.15) is 15.9 Å². The summed E-state index contributed by atoms with van der Waals surface area (Å²) < 4.78 is 0. The van der Waals surface area contributed by atoms with Gasteiger partial charge in [-0.1, -0.05) is 42.5 Å². The van der Waals surface area contributed by atoms with Crippen LogP contribution in [0.3, 0.4) is 0 Å². The second-order valence-corrected chi connectivity index (χ2v) is 6.26. The molecule has 3 aromatic rings. The number of amides is 1. The van der Waals surface area contributed by atoms with Crippen LogP contribution in [0.25, 0.3) is 10.9 Å². The highest BCUT2D eigenvalue weighted by atomic mass is 16.1. The van der Waals surface area contributed by atoms with Crippen LogP contribution in [0.15, 0.2) is 54.7 Å². The van der Waals surface area contributed by atoms with Crippen molar-refractivity contribution in [2.75, 3.05) is 20.6 Å². The van der Waals surface area contributed by atoms with Crippen molar-refractivity contribution in [2.45, 2.75) is 12.5 Å². The number of aromatic nitrogens is 2. The molecular weight excluding hydrogens is 300 g/mol. The minimum Gasteiger partial charge on any atom is -0.348 e. The molecule has 1 atom stereocenters. The molecule has 24 heavy (non-hydrogen) atoms. The molecule has 1 unspecified atom stereocenters. The molecule has 0 saturated heterocycles. The average Bonchev–Trinajstić information content (AvgIpc) is 3.03. The number of nitrogens with zero attached hydrogens (tertiary/aromatic N) is 2. The first-order chi connectivity index (χ1) is 11.6. The van der Waals surface area contributed by atoms with E-state index in [9.17, 15) is 4.79 Å². The van der Waals surface area contributed by atoms with E-state index in [1.165, 1.54) is 5.56 Å². The molecule has 0 radical (unpaired) electrons. The summed E-state index contributed by atoms with van der Waals surface area (Å²) >= 11 is 0. The Morgan fingerprint density at radius 3 is 2.71 bits per heavy atom. The Labute approximate surface area is 141 Å². The van der Waals surface area contributed by atoms with Gasteiger partial charge in [0, 0.05) is 18.0 Å². The van der Waals surface area contributed by atoms with Gasteiger partial charge < -0.3 is 10.2 Å². The number of hydrogen-bond acceptors (Lipinski definition) is 3. The Morgan fingerprint density at radius 2 is 1.96 bits per heavy atom. The van der Waals surface area contributed by atoms with Gasteiger partial charge in [-0.3, -0.25) is 9.89 Å². The fourth-order valence-electron chi connectivity index (χ4n) is 2.92. The van der Waals surface area contributed by atoms with Crippen molar-refractivity contribution >= 4 is 16.8 Å². The SMILES string of the molecule is CN(C)CC(Cc1ccccc1)NC(=O)c1cccc2cn[nH]c12. The van der Waals surface area contributed by atoms with E-state index in [-0.39, 0.29) is 11.9 Å². The summed E-state index contributed by atoms with van der Waals surface area (Å²) in [6.07, 6.45) is 2.52. The number of rotatable bonds is 6. The van der Waals surface area contributed by atoms with Crippen molar-refractivity contribution in [1.29, 1.82) is 0 Å². The summed E-state index contributed by atoms with van der Waals surface area (Å²) in [7, 11) is 4.03. The van der Waals surface area contributed by atoms with Gasteiger partial charge in [0.25, 0.3) is 5.91 Å². The van der Waals surface area contributed by atoms with Gasteiger partial charge in [0.15, 0.2) is 0 Å². The largest absolute Gasteiger partial charge is 0.348 e. The summed E-state index contributed by atoms with van der Waals surface area (Å²) in [4.78, 5) is 14.8. The van der Waals surface area contributed by atoms with E-state index in [4.69, 9.17) is 0 Å². The number of nitrogens with one attached hydrogen (secondary N) is 2. The molecule has 3 rings (SSSR count). The Bertz CT molecular complexity index is 810. The molecule has 5 heteroatoms. The third kappa shape index (κ3) is 3.81. The summed E-state index contributed by atoms with van der Waals surface area (Å²) in [6.45, 7) is 0.777. The zero-order chi connectivity index (χ0) is 16.9. The number of aromatic amines is 1. The van der Waals surface area contributed by atoms with Crippen LogP contribution >= 0.6 is 0 Å². The van der Waals surface area contributed by atoms with Crippen LogP contribution in [-0.4, -0.2) is 47.7 Å². The summed E-state index contributed by atoms with van der Waals surface area (Å²) in [5.74, 6) is -0.0763. The molecule has 0 aliphatic rings. The Balaban J connectivity index is 1.78. The van der Waals surface area contributed by atoms with Crippen LogP contribution in [0.4, 0.5) is 0 Å². The van der Waals surface area contributed by atoms with Crippen molar-refractivity contribution in [2.24, 2.45) is 0 Å². The number of fused-ring (bicyclic) bond motifs is 1. The van der Waals surface area contributed by atoms with E-state index < -0.39 is 0 Å². The van der Waals surface area contributed by atoms with Crippen LogP contribution in [0.5, 0.6) is 0 Å². The fourth-order valence-corrected chi connectivity index (χ4v) is 2.92. The topological polar surface area (TPSA) is 61.0 Å². The van der Waals surface area contributed by atoms with Crippen LogP contribution in [0.2, 0.25) is 0 Å². The van der Waals surface area contributed by atoms with Gasteiger partial charge >= 0.3 is 0 Å². The van der Waals surface area contributed by atoms with Gasteiger partial charge in [0.1, 0.15) is 0 Å².